The van der Waals surface area contributed by atoms with Gasteiger partial charge in [-0.05, 0) is 24.3 Å². The van der Waals surface area contributed by atoms with E-state index in [0.29, 0.717) is 0 Å². The van der Waals surface area contributed by atoms with Crippen molar-refractivity contribution >= 4 is 5.69 Å². The predicted octanol–water partition coefficient (Wildman–Crippen LogP) is 1.95. The molecule has 0 aliphatic heterocycles. The van der Waals surface area contributed by atoms with E-state index in [0.717, 1.165) is 12.4 Å². The molecule has 13 heavy (non-hydrogen) atoms. The quantitative estimate of drug-likeness (QED) is 0.768. The first-order valence-corrected chi connectivity index (χ1v) is 4.20. The zero-order valence-corrected chi connectivity index (χ0v) is 7.22. The van der Waals surface area contributed by atoms with Crippen molar-refractivity contribution in [2.45, 2.75) is 6.67 Å². The summed E-state index contributed by atoms with van der Waals surface area (Å²) in [7, 11) is 0. The molecule has 0 radical (unpaired) electrons. The van der Waals surface area contributed by atoms with Crippen molar-refractivity contribution in [2.75, 3.05) is 5.32 Å². The second-order valence-corrected chi connectivity index (χ2v) is 2.77. The highest BCUT2D eigenvalue weighted by atomic mass is 15.1. The Hall–Kier alpha value is -1.77. The second-order valence-electron chi connectivity index (χ2n) is 2.77. The lowest BCUT2D eigenvalue weighted by atomic mass is 10.4. The summed E-state index contributed by atoms with van der Waals surface area (Å²) in [5.74, 6) is 0. The normalized spacial score (nSPS) is 9.85. The third-order valence-corrected chi connectivity index (χ3v) is 1.79. The Labute approximate surface area is 77.0 Å². The molecule has 0 atom stereocenters. The third-order valence-electron chi connectivity index (χ3n) is 1.79. The summed E-state index contributed by atoms with van der Waals surface area (Å²) in [5.41, 5.74) is 1.04. The van der Waals surface area contributed by atoms with Gasteiger partial charge in [0.2, 0.25) is 0 Å². The Bertz CT molecular complexity index is 340. The summed E-state index contributed by atoms with van der Waals surface area (Å²) in [6.45, 7) is 0.776. The molecule has 2 aromatic rings. The number of pyridine rings is 1. The van der Waals surface area contributed by atoms with Gasteiger partial charge in [0.05, 0.1) is 12.4 Å². The second kappa shape index (κ2) is 3.76. The molecule has 0 saturated carbocycles. The van der Waals surface area contributed by atoms with Gasteiger partial charge in [0.15, 0.2) is 0 Å². The van der Waals surface area contributed by atoms with Crippen molar-refractivity contribution in [2.24, 2.45) is 0 Å². The van der Waals surface area contributed by atoms with Gasteiger partial charge in [0.1, 0.15) is 0 Å². The van der Waals surface area contributed by atoms with Crippen LogP contribution in [0.3, 0.4) is 0 Å². The van der Waals surface area contributed by atoms with Crippen molar-refractivity contribution in [3.05, 3.63) is 49.1 Å². The first kappa shape index (κ1) is 7.86. The molecule has 0 unspecified atom stereocenters. The van der Waals surface area contributed by atoms with Gasteiger partial charge in [-0.15, -0.1) is 0 Å². The maximum atomic E-state index is 4.01. The lowest BCUT2D eigenvalue weighted by molar-refractivity contribution is 0.782. The fraction of sp³-hybridized carbons (Fsp3) is 0.100. The minimum atomic E-state index is 0.776. The molecule has 0 saturated heterocycles. The lowest BCUT2D eigenvalue weighted by Crippen LogP contribution is -2.05. The molecule has 0 aromatic carbocycles. The van der Waals surface area contributed by atoms with E-state index < -0.39 is 0 Å². The summed E-state index contributed by atoms with van der Waals surface area (Å²) >= 11 is 0. The number of nitrogens with one attached hydrogen (secondary N) is 1. The average Bonchev–Trinajstić information content (AvgIpc) is 2.69. The largest absolute Gasteiger partial charge is 0.366 e. The minimum Gasteiger partial charge on any atom is -0.366 e. The first-order chi connectivity index (χ1) is 6.45. The molecule has 66 valence electrons. The molecular formula is C10H11N3. The number of rotatable bonds is 3. The Morgan fingerprint density at radius 3 is 2.77 bits per heavy atom. The molecule has 0 amide bonds. The van der Waals surface area contributed by atoms with Gasteiger partial charge in [-0.2, -0.15) is 0 Å². The molecule has 0 fully saturated rings. The van der Waals surface area contributed by atoms with E-state index in [4.69, 9.17) is 0 Å². The Kier molecular flexibility index (Phi) is 2.27. The molecule has 2 rings (SSSR count). The SMILES string of the molecule is c1cncc(NCn2cccc2)c1. The Balaban J connectivity index is 1.94. The van der Waals surface area contributed by atoms with Crippen molar-refractivity contribution < 1.29 is 0 Å². The molecule has 3 nitrogen and oxygen atoms in total. The molecule has 0 spiro atoms. The topological polar surface area (TPSA) is 29.9 Å². The van der Waals surface area contributed by atoms with Crippen LogP contribution in [0, 0.1) is 0 Å². The van der Waals surface area contributed by atoms with Crippen LogP contribution in [0.15, 0.2) is 49.1 Å². The molecule has 0 aliphatic rings. The van der Waals surface area contributed by atoms with E-state index in [9.17, 15) is 0 Å². The van der Waals surface area contributed by atoms with E-state index in [1.54, 1.807) is 6.20 Å². The van der Waals surface area contributed by atoms with E-state index in [1.165, 1.54) is 0 Å². The van der Waals surface area contributed by atoms with E-state index in [1.807, 2.05) is 42.9 Å². The van der Waals surface area contributed by atoms with Crippen molar-refractivity contribution in [1.82, 2.24) is 9.55 Å². The van der Waals surface area contributed by atoms with Gasteiger partial charge in [-0.1, -0.05) is 0 Å². The van der Waals surface area contributed by atoms with Crippen LogP contribution in [-0.2, 0) is 6.67 Å². The molecule has 2 aromatic heterocycles. The smallest absolute Gasteiger partial charge is 0.0914 e. The lowest BCUT2D eigenvalue weighted by Gasteiger charge is -2.05. The van der Waals surface area contributed by atoms with Gasteiger partial charge in [-0.3, -0.25) is 4.98 Å². The minimum absolute atomic E-state index is 0.776. The van der Waals surface area contributed by atoms with Crippen LogP contribution in [0.25, 0.3) is 0 Å². The van der Waals surface area contributed by atoms with Crippen LogP contribution in [0.5, 0.6) is 0 Å². The van der Waals surface area contributed by atoms with Crippen LogP contribution >= 0.6 is 0 Å². The van der Waals surface area contributed by atoms with Crippen molar-refractivity contribution in [1.29, 1.82) is 0 Å². The van der Waals surface area contributed by atoms with Crippen LogP contribution in [0.1, 0.15) is 0 Å². The summed E-state index contributed by atoms with van der Waals surface area (Å²) in [5, 5.41) is 3.25. The van der Waals surface area contributed by atoms with Gasteiger partial charge in [-0.25, -0.2) is 0 Å². The molecule has 3 heteroatoms. The van der Waals surface area contributed by atoms with E-state index in [2.05, 4.69) is 14.9 Å². The van der Waals surface area contributed by atoms with E-state index >= 15 is 0 Å². The maximum absolute atomic E-state index is 4.01. The highest BCUT2D eigenvalue weighted by Gasteiger charge is 1.89. The molecule has 2 heterocycles. The summed E-state index contributed by atoms with van der Waals surface area (Å²) in [4.78, 5) is 4.01. The first-order valence-electron chi connectivity index (χ1n) is 4.20. The zero-order chi connectivity index (χ0) is 8.93. The highest BCUT2D eigenvalue weighted by molar-refractivity contribution is 5.38. The zero-order valence-electron chi connectivity index (χ0n) is 7.22. The van der Waals surface area contributed by atoms with Crippen molar-refractivity contribution in [3.8, 4) is 0 Å². The number of hydrogen-bond donors (Lipinski definition) is 1. The number of hydrogen-bond acceptors (Lipinski definition) is 2. The standard InChI is InChI=1S/C10H11N3/c1-2-7-13(6-1)9-12-10-4-3-5-11-8-10/h1-8,12H,9H2. The number of nitrogens with zero attached hydrogens (tertiary/aromatic N) is 2. The van der Waals surface area contributed by atoms with Gasteiger partial charge < -0.3 is 9.88 Å². The Morgan fingerprint density at radius 1 is 1.23 bits per heavy atom. The average molecular weight is 173 g/mol. The fourth-order valence-corrected chi connectivity index (χ4v) is 1.13. The molecule has 0 bridgehead atoms. The van der Waals surface area contributed by atoms with Crippen LogP contribution < -0.4 is 5.32 Å². The molecular weight excluding hydrogens is 162 g/mol. The van der Waals surface area contributed by atoms with Crippen LogP contribution in [0.2, 0.25) is 0 Å². The summed E-state index contributed by atoms with van der Waals surface area (Å²) in [6.07, 6.45) is 7.61. The van der Waals surface area contributed by atoms with Crippen LogP contribution in [-0.4, -0.2) is 9.55 Å². The highest BCUT2D eigenvalue weighted by Crippen LogP contribution is 2.02. The maximum Gasteiger partial charge on any atom is 0.0914 e. The van der Waals surface area contributed by atoms with Crippen LogP contribution in [0.4, 0.5) is 5.69 Å². The predicted molar refractivity (Wildman–Crippen MR) is 52.3 cm³/mol. The van der Waals surface area contributed by atoms with Gasteiger partial charge >= 0.3 is 0 Å². The number of aromatic nitrogens is 2. The van der Waals surface area contributed by atoms with Gasteiger partial charge in [0, 0.05) is 24.8 Å². The van der Waals surface area contributed by atoms with Crippen molar-refractivity contribution in [3.63, 3.8) is 0 Å². The molecule has 1 N–H and O–H groups in total. The number of anilines is 1. The van der Waals surface area contributed by atoms with E-state index in [-0.39, 0.29) is 0 Å². The Morgan fingerprint density at radius 2 is 2.08 bits per heavy atom. The summed E-state index contributed by atoms with van der Waals surface area (Å²) in [6, 6.07) is 7.92. The van der Waals surface area contributed by atoms with Gasteiger partial charge in [0.25, 0.3) is 0 Å². The third kappa shape index (κ3) is 2.08. The monoisotopic (exact) mass is 173 g/mol. The molecule has 0 aliphatic carbocycles. The summed E-state index contributed by atoms with van der Waals surface area (Å²) < 4.78 is 2.06. The fourth-order valence-electron chi connectivity index (χ4n) is 1.13.